The molecule has 1 aliphatic heterocycles. The van der Waals surface area contributed by atoms with E-state index in [2.05, 4.69) is 26.9 Å². The van der Waals surface area contributed by atoms with Crippen molar-refractivity contribution >= 4 is 11.9 Å². The summed E-state index contributed by atoms with van der Waals surface area (Å²) in [6.07, 6.45) is 4.85. The van der Waals surface area contributed by atoms with Crippen molar-refractivity contribution in [2.75, 3.05) is 32.8 Å². The van der Waals surface area contributed by atoms with Gasteiger partial charge in [0.05, 0.1) is 13.2 Å². The van der Waals surface area contributed by atoms with Crippen LogP contribution in [0.25, 0.3) is 0 Å². The highest BCUT2D eigenvalue weighted by atomic mass is 16.5. The zero-order chi connectivity index (χ0) is 19.6. The van der Waals surface area contributed by atoms with Gasteiger partial charge in [-0.15, -0.1) is 0 Å². The number of carbonyl (C=O) groups excluding carboxylic acids is 2. The molecule has 1 saturated carbocycles. The summed E-state index contributed by atoms with van der Waals surface area (Å²) in [5, 5.41) is 8.70. The minimum absolute atomic E-state index is 0.0167. The summed E-state index contributed by atoms with van der Waals surface area (Å²) >= 11 is 0. The van der Waals surface area contributed by atoms with Gasteiger partial charge in [-0.25, -0.2) is 4.79 Å². The third-order valence-corrected chi connectivity index (χ3v) is 5.41. The van der Waals surface area contributed by atoms with E-state index in [1.54, 1.807) is 0 Å². The highest BCUT2D eigenvalue weighted by Gasteiger charge is 2.17. The van der Waals surface area contributed by atoms with Gasteiger partial charge in [0, 0.05) is 45.2 Å². The molecule has 1 saturated heterocycles. The van der Waals surface area contributed by atoms with E-state index >= 15 is 0 Å². The number of carbonyl (C=O) groups is 2. The van der Waals surface area contributed by atoms with Crippen LogP contribution in [-0.2, 0) is 22.6 Å². The van der Waals surface area contributed by atoms with Crippen LogP contribution in [0, 0.1) is 0 Å². The molecule has 1 aromatic carbocycles. The van der Waals surface area contributed by atoms with Crippen molar-refractivity contribution < 1.29 is 14.3 Å². The number of hydrogen-bond acceptors (Lipinski definition) is 4. The number of benzene rings is 1. The van der Waals surface area contributed by atoms with E-state index in [0.29, 0.717) is 25.6 Å². The number of ether oxygens (including phenoxy) is 1. The Kier molecular flexibility index (Phi) is 8.11. The maximum Gasteiger partial charge on any atom is 0.315 e. The van der Waals surface area contributed by atoms with Crippen LogP contribution in [0.2, 0.25) is 0 Å². The second-order valence-electron chi connectivity index (χ2n) is 7.57. The Bertz CT molecular complexity index is 640. The van der Waals surface area contributed by atoms with Crippen LogP contribution in [0.3, 0.4) is 0 Å². The maximum atomic E-state index is 12.1. The maximum absolute atomic E-state index is 12.1. The lowest BCUT2D eigenvalue weighted by molar-refractivity contribution is -0.121. The third-order valence-electron chi connectivity index (χ3n) is 5.41. The molecule has 0 spiro atoms. The molecule has 0 bridgehead atoms. The first-order valence-corrected chi connectivity index (χ1v) is 10.4. The zero-order valence-corrected chi connectivity index (χ0v) is 16.5. The SMILES string of the molecule is O=C(CCNC(=O)NCc1ccccc1CN1CCOCC1)NC1CCCC1. The summed E-state index contributed by atoms with van der Waals surface area (Å²) in [6, 6.07) is 8.26. The summed E-state index contributed by atoms with van der Waals surface area (Å²) in [6.45, 7) is 5.11. The Hall–Kier alpha value is -2.12. The van der Waals surface area contributed by atoms with E-state index in [1.807, 2.05) is 18.2 Å². The largest absolute Gasteiger partial charge is 0.379 e. The summed E-state index contributed by atoms with van der Waals surface area (Å²) in [5.74, 6) is 0.0167. The molecular formula is C21H32N4O3. The lowest BCUT2D eigenvalue weighted by Crippen LogP contribution is -2.39. The lowest BCUT2D eigenvalue weighted by Gasteiger charge is -2.27. The molecule has 2 fully saturated rings. The van der Waals surface area contributed by atoms with Crippen LogP contribution in [-0.4, -0.2) is 55.7 Å². The van der Waals surface area contributed by atoms with Crippen LogP contribution in [0.15, 0.2) is 24.3 Å². The van der Waals surface area contributed by atoms with Gasteiger partial charge in [0.25, 0.3) is 0 Å². The van der Waals surface area contributed by atoms with Crippen LogP contribution >= 0.6 is 0 Å². The topological polar surface area (TPSA) is 82.7 Å². The summed E-state index contributed by atoms with van der Waals surface area (Å²) < 4.78 is 5.40. The van der Waals surface area contributed by atoms with Gasteiger partial charge in [0.1, 0.15) is 0 Å². The van der Waals surface area contributed by atoms with E-state index in [1.165, 1.54) is 18.4 Å². The van der Waals surface area contributed by atoms with E-state index < -0.39 is 0 Å². The van der Waals surface area contributed by atoms with Gasteiger partial charge < -0.3 is 20.7 Å². The molecule has 7 nitrogen and oxygen atoms in total. The molecule has 3 N–H and O–H groups in total. The molecule has 1 aromatic rings. The fourth-order valence-electron chi connectivity index (χ4n) is 3.78. The molecule has 28 heavy (non-hydrogen) atoms. The highest BCUT2D eigenvalue weighted by molar-refractivity contribution is 5.78. The quantitative estimate of drug-likeness (QED) is 0.634. The van der Waals surface area contributed by atoms with Gasteiger partial charge in [-0.05, 0) is 24.0 Å². The molecule has 0 unspecified atom stereocenters. The first-order chi connectivity index (χ1) is 13.7. The standard InChI is InChI=1S/C21H32N4O3/c26-20(24-19-7-3-4-8-19)9-10-22-21(27)23-15-17-5-1-2-6-18(17)16-25-11-13-28-14-12-25/h1-2,5-6,19H,3-4,7-16H2,(H,24,26)(H2,22,23,27). The van der Waals surface area contributed by atoms with Crippen LogP contribution in [0.5, 0.6) is 0 Å². The fourth-order valence-corrected chi connectivity index (χ4v) is 3.78. The van der Waals surface area contributed by atoms with Crippen molar-refractivity contribution in [1.29, 1.82) is 0 Å². The zero-order valence-electron chi connectivity index (χ0n) is 16.5. The molecule has 0 radical (unpaired) electrons. The molecular weight excluding hydrogens is 356 g/mol. The molecule has 1 aliphatic carbocycles. The first-order valence-electron chi connectivity index (χ1n) is 10.4. The number of hydrogen-bond donors (Lipinski definition) is 3. The van der Waals surface area contributed by atoms with E-state index in [9.17, 15) is 9.59 Å². The predicted molar refractivity (Wildman–Crippen MR) is 108 cm³/mol. The second kappa shape index (κ2) is 11.0. The van der Waals surface area contributed by atoms with Gasteiger partial charge in [-0.1, -0.05) is 37.1 Å². The first kappa shape index (κ1) is 20.6. The Balaban J connectivity index is 1.36. The fraction of sp³-hybridized carbons (Fsp3) is 0.619. The van der Waals surface area contributed by atoms with Crippen molar-refractivity contribution in [2.24, 2.45) is 0 Å². The Morgan fingerprint density at radius 3 is 2.50 bits per heavy atom. The average Bonchev–Trinajstić information content (AvgIpc) is 3.21. The number of nitrogens with one attached hydrogen (secondary N) is 3. The van der Waals surface area contributed by atoms with Crippen molar-refractivity contribution in [2.45, 2.75) is 51.2 Å². The smallest absolute Gasteiger partial charge is 0.315 e. The molecule has 7 heteroatoms. The van der Waals surface area contributed by atoms with Crippen LogP contribution in [0.1, 0.15) is 43.2 Å². The molecule has 2 aliphatic rings. The number of rotatable bonds is 8. The minimum Gasteiger partial charge on any atom is -0.379 e. The number of morpholine rings is 1. The Labute approximate surface area is 167 Å². The second-order valence-corrected chi connectivity index (χ2v) is 7.57. The third kappa shape index (κ3) is 6.80. The highest BCUT2D eigenvalue weighted by Crippen LogP contribution is 2.17. The Morgan fingerprint density at radius 1 is 1.04 bits per heavy atom. The van der Waals surface area contributed by atoms with Crippen LogP contribution in [0.4, 0.5) is 4.79 Å². The van der Waals surface area contributed by atoms with E-state index in [-0.39, 0.29) is 11.9 Å². The van der Waals surface area contributed by atoms with Gasteiger partial charge in [-0.3, -0.25) is 9.69 Å². The number of urea groups is 1. The van der Waals surface area contributed by atoms with E-state index in [4.69, 9.17) is 4.74 Å². The Morgan fingerprint density at radius 2 is 1.75 bits per heavy atom. The van der Waals surface area contributed by atoms with Gasteiger partial charge in [0.2, 0.25) is 5.91 Å². The monoisotopic (exact) mass is 388 g/mol. The van der Waals surface area contributed by atoms with Gasteiger partial charge >= 0.3 is 6.03 Å². The van der Waals surface area contributed by atoms with Crippen molar-refractivity contribution in [1.82, 2.24) is 20.9 Å². The number of amides is 3. The molecule has 0 atom stereocenters. The average molecular weight is 389 g/mol. The molecule has 154 valence electrons. The van der Waals surface area contributed by atoms with Gasteiger partial charge in [-0.2, -0.15) is 0 Å². The van der Waals surface area contributed by atoms with Gasteiger partial charge in [0.15, 0.2) is 0 Å². The summed E-state index contributed by atoms with van der Waals surface area (Å²) in [5.41, 5.74) is 2.34. The summed E-state index contributed by atoms with van der Waals surface area (Å²) in [4.78, 5) is 26.3. The van der Waals surface area contributed by atoms with E-state index in [0.717, 1.165) is 51.3 Å². The molecule has 0 aromatic heterocycles. The summed E-state index contributed by atoms with van der Waals surface area (Å²) in [7, 11) is 0. The molecule has 1 heterocycles. The molecule has 3 amide bonds. The lowest BCUT2D eigenvalue weighted by atomic mass is 10.1. The minimum atomic E-state index is -0.241. The van der Waals surface area contributed by atoms with Crippen molar-refractivity contribution in [3.8, 4) is 0 Å². The normalized spacial score (nSPS) is 18.0. The van der Waals surface area contributed by atoms with Crippen LogP contribution < -0.4 is 16.0 Å². The molecule has 3 rings (SSSR count). The van der Waals surface area contributed by atoms with Crippen molar-refractivity contribution in [3.63, 3.8) is 0 Å². The predicted octanol–water partition coefficient (Wildman–Crippen LogP) is 1.77. The number of nitrogens with zero attached hydrogens (tertiary/aromatic N) is 1. The van der Waals surface area contributed by atoms with Crippen molar-refractivity contribution in [3.05, 3.63) is 35.4 Å².